The van der Waals surface area contributed by atoms with Gasteiger partial charge in [-0.1, -0.05) is 6.92 Å². The number of nitrogens with one attached hydrogen (secondary N) is 2. The molecule has 20 heavy (non-hydrogen) atoms. The van der Waals surface area contributed by atoms with Crippen molar-refractivity contribution in [3.63, 3.8) is 0 Å². The minimum absolute atomic E-state index is 0.0292. The van der Waals surface area contributed by atoms with Crippen LogP contribution in [0.3, 0.4) is 0 Å². The Morgan fingerprint density at radius 2 is 1.95 bits per heavy atom. The summed E-state index contributed by atoms with van der Waals surface area (Å²) in [6.45, 7) is 4.57. The number of carbonyl (C=O) groups excluding carboxylic acids is 1. The topological polar surface area (TPSA) is 50.4 Å². The maximum Gasteiger partial charge on any atom is 0.251 e. The zero-order valence-electron chi connectivity index (χ0n) is 12.2. The van der Waals surface area contributed by atoms with Crippen molar-refractivity contribution >= 4 is 5.91 Å². The number of ether oxygens (including phenoxy) is 1. The average molecular weight is 276 g/mol. The molecule has 0 atom stereocenters. The lowest BCUT2D eigenvalue weighted by atomic mass is 9.96. The minimum atomic E-state index is -0.0292. The lowest BCUT2D eigenvalue weighted by Crippen LogP contribution is -2.32. The fourth-order valence-electron chi connectivity index (χ4n) is 2.03. The Bertz CT molecular complexity index is 413. The molecule has 4 heteroatoms. The van der Waals surface area contributed by atoms with Crippen LogP contribution in [0.4, 0.5) is 0 Å². The van der Waals surface area contributed by atoms with Crippen LogP contribution < -0.4 is 15.4 Å². The van der Waals surface area contributed by atoms with Gasteiger partial charge in [-0.2, -0.15) is 0 Å². The van der Waals surface area contributed by atoms with E-state index in [9.17, 15) is 4.79 Å². The highest BCUT2D eigenvalue weighted by molar-refractivity contribution is 5.94. The first-order valence-corrected chi connectivity index (χ1v) is 7.55. The summed E-state index contributed by atoms with van der Waals surface area (Å²) in [6, 6.07) is 7.40. The first-order chi connectivity index (χ1) is 9.79. The summed E-state index contributed by atoms with van der Waals surface area (Å²) in [6.07, 6.45) is 5.03. The fraction of sp³-hybridized carbons (Fsp3) is 0.562. The van der Waals surface area contributed by atoms with E-state index in [1.165, 1.54) is 6.42 Å². The normalized spacial score (nSPS) is 14.7. The third-order valence-electron chi connectivity index (χ3n) is 3.49. The number of carbonyl (C=O) groups is 1. The Hall–Kier alpha value is -1.55. The molecule has 1 aliphatic rings. The number of hydrogen-bond acceptors (Lipinski definition) is 3. The van der Waals surface area contributed by atoms with E-state index in [-0.39, 0.29) is 5.91 Å². The Morgan fingerprint density at radius 3 is 2.55 bits per heavy atom. The van der Waals surface area contributed by atoms with E-state index < -0.39 is 0 Å². The second kappa shape index (κ2) is 7.90. The van der Waals surface area contributed by atoms with Crippen LogP contribution in [0.15, 0.2) is 24.3 Å². The van der Waals surface area contributed by atoms with E-state index in [2.05, 4.69) is 17.6 Å². The molecule has 0 bridgehead atoms. The Labute approximate surface area is 120 Å². The van der Waals surface area contributed by atoms with Crippen molar-refractivity contribution in [2.24, 2.45) is 0 Å². The van der Waals surface area contributed by atoms with Crippen molar-refractivity contribution in [3.05, 3.63) is 29.8 Å². The van der Waals surface area contributed by atoms with Gasteiger partial charge in [0.15, 0.2) is 0 Å². The van der Waals surface area contributed by atoms with Gasteiger partial charge in [-0.05, 0) is 56.5 Å². The van der Waals surface area contributed by atoms with E-state index in [1.54, 1.807) is 0 Å². The molecule has 4 nitrogen and oxygen atoms in total. The molecule has 1 aromatic rings. The van der Waals surface area contributed by atoms with Gasteiger partial charge in [-0.3, -0.25) is 4.79 Å². The lowest BCUT2D eigenvalue weighted by molar-refractivity contribution is 0.0953. The SMILES string of the molecule is CCCNCCNC(=O)c1ccc(OC2CCC2)cc1. The quantitative estimate of drug-likeness (QED) is 0.717. The molecule has 1 aromatic carbocycles. The molecule has 0 aliphatic heterocycles. The molecule has 1 saturated carbocycles. The van der Waals surface area contributed by atoms with Gasteiger partial charge in [-0.25, -0.2) is 0 Å². The highest BCUT2D eigenvalue weighted by Crippen LogP contribution is 2.25. The van der Waals surface area contributed by atoms with Gasteiger partial charge in [0.05, 0.1) is 6.10 Å². The third kappa shape index (κ3) is 4.53. The van der Waals surface area contributed by atoms with E-state index in [4.69, 9.17) is 4.74 Å². The summed E-state index contributed by atoms with van der Waals surface area (Å²) < 4.78 is 5.77. The van der Waals surface area contributed by atoms with Gasteiger partial charge in [0.25, 0.3) is 5.91 Å². The van der Waals surface area contributed by atoms with E-state index in [0.717, 1.165) is 38.1 Å². The third-order valence-corrected chi connectivity index (χ3v) is 3.49. The summed E-state index contributed by atoms with van der Waals surface area (Å²) in [4.78, 5) is 11.9. The van der Waals surface area contributed by atoms with Crippen LogP contribution in [-0.2, 0) is 0 Å². The highest BCUT2D eigenvalue weighted by Gasteiger charge is 2.18. The van der Waals surface area contributed by atoms with E-state index in [0.29, 0.717) is 18.2 Å². The predicted octanol–water partition coefficient (Wildman–Crippen LogP) is 2.35. The van der Waals surface area contributed by atoms with Gasteiger partial charge in [-0.15, -0.1) is 0 Å². The van der Waals surface area contributed by atoms with Crippen LogP contribution >= 0.6 is 0 Å². The van der Waals surface area contributed by atoms with Gasteiger partial charge >= 0.3 is 0 Å². The Balaban J connectivity index is 1.72. The predicted molar refractivity (Wildman–Crippen MR) is 80.2 cm³/mol. The lowest BCUT2D eigenvalue weighted by Gasteiger charge is -2.26. The Kier molecular flexibility index (Phi) is 5.87. The zero-order valence-corrected chi connectivity index (χ0v) is 12.2. The monoisotopic (exact) mass is 276 g/mol. The molecule has 0 heterocycles. The van der Waals surface area contributed by atoms with Crippen molar-refractivity contribution in [1.82, 2.24) is 10.6 Å². The second-order valence-electron chi connectivity index (χ2n) is 5.20. The average Bonchev–Trinajstić information content (AvgIpc) is 2.43. The smallest absolute Gasteiger partial charge is 0.251 e. The molecule has 1 fully saturated rings. The maximum absolute atomic E-state index is 11.9. The molecule has 1 amide bonds. The largest absolute Gasteiger partial charge is 0.490 e. The fourth-order valence-corrected chi connectivity index (χ4v) is 2.03. The molecule has 2 rings (SSSR count). The molecule has 1 aliphatic carbocycles. The molecule has 2 N–H and O–H groups in total. The van der Waals surface area contributed by atoms with Crippen LogP contribution in [-0.4, -0.2) is 31.6 Å². The van der Waals surface area contributed by atoms with Crippen LogP contribution in [0, 0.1) is 0 Å². The number of benzene rings is 1. The van der Waals surface area contributed by atoms with Crippen molar-refractivity contribution < 1.29 is 9.53 Å². The summed E-state index contributed by atoms with van der Waals surface area (Å²) in [7, 11) is 0. The van der Waals surface area contributed by atoms with Gasteiger partial charge < -0.3 is 15.4 Å². The van der Waals surface area contributed by atoms with E-state index in [1.807, 2.05) is 24.3 Å². The van der Waals surface area contributed by atoms with Crippen molar-refractivity contribution in [2.75, 3.05) is 19.6 Å². The van der Waals surface area contributed by atoms with E-state index >= 15 is 0 Å². The molecule has 0 spiro atoms. The molecular formula is C16H24N2O2. The first-order valence-electron chi connectivity index (χ1n) is 7.55. The summed E-state index contributed by atoms with van der Waals surface area (Å²) in [5.74, 6) is 0.828. The number of rotatable bonds is 8. The minimum Gasteiger partial charge on any atom is -0.490 e. The van der Waals surface area contributed by atoms with Crippen molar-refractivity contribution in [1.29, 1.82) is 0 Å². The zero-order chi connectivity index (χ0) is 14.2. The highest BCUT2D eigenvalue weighted by atomic mass is 16.5. The van der Waals surface area contributed by atoms with Crippen molar-refractivity contribution in [3.8, 4) is 5.75 Å². The maximum atomic E-state index is 11.9. The molecule has 110 valence electrons. The van der Waals surface area contributed by atoms with Crippen molar-refractivity contribution in [2.45, 2.75) is 38.7 Å². The van der Waals surface area contributed by atoms with Gasteiger partial charge in [0.2, 0.25) is 0 Å². The molecule has 0 saturated heterocycles. The first kappa shape index (κ1) is 14.9. The van der Waals surface area contributed by atoms with Gasteiger partial charge in [0.1, 0.15) is 5.75 Å². The second-order valence-corrected chi connectivity index (χ2v) is 5.20. The molecular weight excluding hydrogens is 252 g/mol. The summed E-state index contributed by atoms with van der Waals surface area (Å²) in [5, 5.41) is 6.15. The van der Waals surface area contributed by atoms with Gasteiger partial charge in [0, 0.05) is 18.7 Å². The van der Waals surface area contributed by atoms with Crippen LogP contribution in [0.5, 0.6) is 5.75 Å². The summed E-state index contributed by atoms with van der Waals surface area (Å²) in [5.41, 5.74) is 0.682. The standard InChI is InChI=1S/C16H24N2O2/c1-2-10-17-11-12-18-16(19)13-6-8-15(9-7-13)20-14-4-3-5-14/h6-9,14,17H,2-5,10-12H2,1H3,(H,18,19). The number of amides is 1. The molecule has 0 unspecified atom stereocenters. The van der Waals surface area contributed by atoms with Crippen LogP contribution in [0.1, 0.15) is 43.0 Å². The summed E-state index contributed by atoms with van der Waals surface area (Å²) >= 11 is 0. The van der Waals surface area contributed by atoms with Crippen LogP contribution in [0.25, 0.3) is 0 Å². The molecule has 0 radical (unpaired) electrons. The Morgan fingerprint density at radius 1 is 1.20 bits per heavy atom. The van der Waals surface area contributed by atoms with Crippen LogP contribution in [0.2, 0.25) is 0 Å². The number of hydrogen-bond donors (Lipinski definition) is 2. The molecule has 0 aromatic heterocycles.